The summed E-state index contributed by atoms with van der Waals surface area (Å²) in [5, 5.41) is 10.8. The summed E-state index contributed by atoms with van der Waals surface area (Å²) in [5.41, 5.74) is 0.862. The molecule has 2 rings (SSSR count). The van der Waals surface area contributed by atoms with E-state index in [-0.39, 0.29) is 16.3 Å². The molecule has 0 spiro atoms. The van der Waals surface area contributed by atoms with Gasteiger partial charge in [-0.1, -0.05) is 30.7 Å². The average molecular weight is 306 g/mol. The molecule has 0 aliphatic carbocycles. The van der Waals surface area contributed by atoms with Crippen LogP contribution in [0.4, 0.5) is 5.69 Å². The Balaban J connectivity index is 2.23. The van der Waals surface area contributed by atoms with Crippen molar-refractivity contribution in [2.45, 2.75) is 13.3 Å². The van der Waals surface area contributed by atoms with Gasteiger partial charge in [-0.05, 0) is 30.2 Å². The van der Waals surface area contributed by atoms with Crippen LogP contribution in [0.15, 0.2) is 42.5 Å². The number of carbonyl (C=O) groups excluding carboxylic acids is 1. The highest BCUT2D eigenvalue weighted by molar-refractivity contribution is 6.33. The van der Waals surface area contributed by atoms with Gasteiger partial charge in [-0.2, -0.15) is 0 Å². The van der Waals surface area contributed by atoms with Crippen molar-refractivity contribution < 1.29 is 14.5 Å². The Hall–Kier alpha value is -2.40. The lowest BCUT2D eigenvalue weighted by Gasteiger charge is -2.06. The van der Waals surface area contributed by atoms with Gasteiger partial charge in [-0.3, -0.25) is 10.1 Å². The number of nitro groups is 1. The second-order valence-corrected chi connectivity index (χ2v) is 4.72. The first-order chi connectivity index (χ1) is 10.0. The van der Waals surface area contributed by atoms with Gasteiger partial charge in [-0.25, -0.2) is 4.79 Å². The predicted octanol–water partition coefficient (Wildman–Crippen LogP) is 4.03. The summed E-state index contributed by atoms with van der Waals surface area (Å²) >= 11 is 5.89. The maximum absolute atomic E-state index is 12.0. The van der Waals surface area contributed by atoms with Crippen molar-refractivity contribution in [2.24, 2.45) is 0 Å². The smallest absolute Gasteiger partial charge is 0.345 e. The second-order valence-electron chi connectivity index (χ2n) is 4.31. The number of carbonyl (C=O) groups is 1. The van der Waals surface area contributed by atoms with E-state index in [1.165, 1.54) is 12.1 Å². The average Bonchev–Trinajstić information content (AvgIpc) is 2.48. The fourth-order valence-corrected chi connectivity index (χ4v) is 1.93. The molecule has 6 heteroatoms. The Morgan fingerprint density at radius 1 is 1.24 bits per heavy atom. The molecule has 0 saturated heterocycles. The van der Waals surface area contributed by atoms with Crippen LogP contribution in [0.25, 0.3) is 0 Å². The topological polar surface area (TPSA) is 69.4 Å². The summed E-state index contributed by atoms with van der Waals surface area (Å²) in [4.78, 5) is 22.2. The minimum Gasteiger partial charge on any atom is -0.423 e. The van der Waals surface area contributed by atoms with Crippen LogP contribution in [0.2, 0.25) is 5.02 Å². The zero-order valence-corrected chi connectivity index (χ0v) is 12.0. The third-order valence-electron chi connectivity index (χ3n) is 2.92. The molecule has 5 nitrogen and oxygen atoms in total. The van der Waals surface area contributed by atoms with Gasteiger partial charge >= 0.3 is 5.97 Å². The summed E-state index contributed by atoms with van der Waals surface area (Å²) in [6.45, 7) is 2.02. The Morgan fingerprint density at radius 3 is 2.48 bits per heavy atom. The standard InChI is InChI=1S/C15H12ClNO4/c1-2-10-3-6-12(7-4-10)21-15(18)13-9-11(17(19)20)5-8-14(13)16/h3-9H,2H2,1H3. The largest absolute Gasteiger partial charge is 0.423 e. The van der Waals surface area contributed by atoms with E-state index in [2.05, 4.69) is 0 Å². The molecule has 0 aliphatic heterocycles. The number of benzene rings is 2. The van der Waals surface area contributed by atoms with Crippen LogP contribution >= 0.6 is 11.6 Å². The number of rotatable bonds is 4. The minimum atomic E-state index is -0.729. The second kappa shape index (κ2) is 6.37. The van der Waals surface area contributed by atoms with Gasteiger partial charge in [0.05, 0.1) is 15.5 Å². The van der Waals surface area contributed by atoms with Crippen LogP contribution in [0, 0.1) is 10.1 Å². The Bertz CT molecular complexity index is 683. The van der Waals surface area contributed by atoms with Crippen molar-refractivity contribution in [2.75, 3.05) is 0 Å². The third kappa shape index (κ3) is 3.58. The normalized spacial score (nSPS) is 10.2. The first-order valence-corrected chi connectivity index (χ1v) is 6.64. The highest BCUT2D eigenvalue weighted by Gasteiger charge is 2.17. The summed E-state index contributed by atoms with van der Waals surface area (Å²) in [6.07, 6.45) is 0.880. The highest BCUT2D eigenvalue weighted by atomic mass is 35.5. The fraction of sp³-hybridized carbons (Fsp3) is 0.133. The molecule has 0 bridgehead atoms. The fourth-order valence-electron chi connectivity index (χ4n) is 1.74. The Morgan fingerprint density at radius 2 is 1.90 bits per heavy atom. The lowest BCUT2D eigenvalue weighted by molar-refractivity contribution is -0.384. The molecule has 0 aromatic heterocycles. The van der Waals surface area contributed by atoms with E-state index >= 15 is 0 Å². The van der Waals surface area contributed by atoms with Gasteiger partial charge in [-0.15, -0.1) is 0 Å². The molecular formula is C15H12ClNO4. The molecule has 108 valence electrons. The monoisotopic (exact) mass is 305 g/mol. The van der Waals surface area contributed by atoms with Gasteiger partial charge in [0.25, 0.3) is 5.69 Å². The van der Waals surface area contributed by atoms with E-state index in [1.807, 2.05) is 19.1 Å². The predicted molar refractivity (Wildman–Crippen MR) is 78.9 cm³/mol. The van der Waals surface area contributed by atoms with E-state index in [1.54, 1.807) is 12.1 Å². The number of nitro benzene ring substituents is 1. The molecule has 0 radical (unpaired) electrons. The molecule has 0 N–H and O–H groups in total. The van der Waals surface area contributed by atoms with Crippen LogP contribution in [-0.4, -0.2) is 10.9 Å². The van der Waals surface area contributed by atoms with Gasteiger partial charge < -0.3 is 4.74 Å². The van der Waals surface area contributed by atoms with E-state index in [4.69, 9.17) is 16.3 Å². The molecule has 0 saturated carbocycles. The van der Waals surface area contributed by atoms with Crippen LogP contribution < -0.4 is 4.74 Å². The Kier molecular flexibility index (Phi) is 4.55. The lowest BCUT2D eigenvalue weighted by Crippen LogP contribution is -2.09. The number of hydrogen-bond donors (Lipinski definition) is 0. The number of halogens is 1. The molecule has 2 aromatic rings. The van der Waals surface area contributed by atoms with Crippen molar-refractivity contribution >= 4 is 23.3 Å². The van der Waals surface area contributed by atoms with Gasteiger partial charge in [0, 0.05) is 12.1 Å². The molecule has 0 amide bonds. The summed E-state index contributed by atoms with van der Waals surface area (Å²) in [5.74, 6) is -0.368. The molecule has 0 aliphatic rings. The minimum absolute atomic E-state index is 0.0366. The maximum atomic E-state index is 12.0. The van der Waals surface area contributed by atoms with Gasteiger partial charge in [0.2, 0.25) is 0 Å². The van der Waals surface area contributed by atoms with Crippen molar-refractivity contribution in [1.29, 1.82) is 0 Å². The number of non-ortho nitro benzene ring substituents is 1. The van der Waals surface area contributed by atoms with Crippen LogP contribution in [0.5, 0.6) is 5.75 Å². The number of esters is 1. The third-order valence-corrected chi connectivity index (χ3v) is 3.25. The van der Waals surface area contributed by atoms with Crippen LogP contribution in [0.1, 0.15) is 22.8 Å². The number of ether oxygens (including phenoxy) is 1. The molecule has 21 heavy (non-hydrogen) atoms. The summed E-state index contributed by atoms with van der Waals surface area (Å²) < 4.78 is 5.17. The SMILES string of the molecule is CCc1ccc(OC(=O)c2cc([N+](=O)[O-])ccc2Cl)cc1. The van der Waals surface area contributed by atoms with E-state index in [0.29, 0.717) is 5.75 Å². The summed E-state index contributed by atoms with van der Waals surface area (Å²) in [6, 6.07) is 10.7. The molecule has 0 unspecified atom stereocenters. The number of aryl methyl sites for hydroxylation is 1. The Labute approximate surface area is 126 Å². The van der Waals surface area contributed by atoms with Crippen molar-refractivity contribution in [1.82, 2.24) is 0 Å². The highest BCUT2D eigenvalue weighted by Crippen LogP contribution is 2.24. The lowest BCUT2D eigenvalue weighted by atomic mass is 10.1. The van der Waals surface area contributed by atoms with Crippen molar-refractivity contribution in [3.8, 4) is 5.75 Å². The summed E-state index contributed by atoms with van der Waals surface area (Å²) in [7, 11) is 0. The first kappa shape index (κ1) is 15.0. The zero-order valence-electron chi connectivity index (χ0n) is 11.2. The molecule has 2 aromatic carbocycles. The zero-order chi connectivity index (χ0) is 15.4. The van der Waals surface area contributed by atoms with Gasteiger partial charge in [0.15, 0.2) is 0 Å². The van der Waals surface area contributed by atoms with Crippen molar-refractivity contribution in [3.63, 3.8) is 0 Å². The number of hydrogen-bond acceptors (Lipinski definition) is 4. The van der Waals surface area contributed by atoms with E-state index in [9.17, 15) is 14.9 Å². The number of nitrogens with zero attached hydrogens (tertiary/aromatic N) is 1. The van der Waals surface area contributed by atoms with Gasteiger partial charge in [0.1, 0.15) is 5.75 Å². The maximum Gasteiger partial charge on any atom is 0.345 e. The molecular weight excluding hydrogens is 294 g/mol. The molecule has 0 heterocycles. The first-order valence-electron chi connectivity index (χ1n) is 6.26. The van der Waals surface area contributed by atoms with Crippen LogP contribution in [0.3, 0.4) is 0 Å². The quantitative estimate of drug-likeness (QED) is 0.370. The van der Waals surface area contributed by atoms with Crippen molar-refractivity contribution in [3.05, 3.63) is 68.7 Å². The van der Waals surface area contributed by atoms with E-state index < -0.39 is 10.9 Å². The van der Waals surface area contributed by atoms with E-state index in [0.717, 1.165) is 18.1 Å². The molecule has 0 fully saturated rings. The van der Waals surface area contributed by atoms with Crippen LogP contribution in [-0.2, 0) is 6.42 Å². The molecule has 0 atom stereocenters.